The van der Waals surface area contributed by atoms with Crippen LogP contribution in [0, 0.1) is 6.92 Å². The Morgan fingerprint density at radius 1 is 1.17 bits per heavy atom. The Morgan fingerprint density at radius 2 is 1.96 bits per heavy atom. The molecule has 1 aromatic carbocycles. The minimum absolute atomic E-state index is 0.00701. The van der Waals surface area contributed by atoms with Gasteiger partial charge < -0.3 is 9.72 Å². The molecule has 0 aliphatic rings. The molecule has 0 saturated carbocycles. The fourth-order valence-corrected chi connectivity index (χ4v) is 2.28. The van der Waals surface area contributed by atoms with Crippen LogP contribution in [0.1, 0.15) is 5.56 Å². The van der Waals surface area contributed by atoms with Crippen LogP contribution in [0.15, 0.2) is 39.9 Å². The summed E-state index contributed by atoms with van der Waals surface area (Å²) in [5.41, 5.74) is 0.725. The number of aromatic nitrogens is 3. The molecule has 0 saturated heterocycles. The Bertz CT molecular complexity index is 995. The highest BCUT2D eigenvalue weighted by Gasteiger charge is 2.11. The number of hydrogen-bond acceptors (Lipinski definition) is 4. The first kappa shape index (κ1) is 14.9. The number of hydrogen-bond donors (Lipinski definition) is 2. The predicted octanol–water partition coefficient (Wildman–Crippen LogP) is 2.19. The molecule has 8 heteroatoms. The third-order valence-electron chi connectivity index (χ3n) is 3.25. The highest BCUT2D eigenvalue weighted by molar-refractivity contribution is 5.80. The lowest BCUT2D eigenvalue weighted by atomic mass is 10.1. The lowest BCUT2D eigenvalue weighted by Crippen LogP contribution is -2.23. The minimum atomic E-state index is -2.93. The molecule has 0 spiro atoms. The summed E-state index contributed by atoms with van der Waals surface area (Å²) >= 11 is 0. The summed E-state index contributed by atoms with van der Waals surface area (Å²) in [6, 6.07) is 7.66. The van der Waals surface area contributed by atoms with Crippen LogP contribution in [0.25, 0.3) is 22.3 Å². The van der Waals surface area contributed by atoms with E-state index in [1.165, 1.54) is 12.1 Å². The van der Waals surface area contributed by atoms with E-state index in [1.807, 2.05) is 0 Å². The molecule has 118 valence electrons. The SMILES string of the molecule is Cc1cc(-c2cccc(OC(F)F)c2)nc2c(=O)[nH]c(=O)[nH]c12. The molecule has 2 aromatic heterocycles. The van der Waals surface area contributed by atoms with Crippen LogP contribution in [0.5, 0.6) is 5.75 Å². The molecule has 3 rings (SSSR count). The number of nitrogens with zero attached hydrogens (tertiary/aromatic N) is 1. The van der Waals surface area contributed by atoms with E-state index in [0.29, 0.717) is 22.3 Å². The molecule has 0 bridgehead atoms. The molecule has 2 heterocycles. The number of rotatable bonds is 3. The van der Waals surface area contributed by atoms with Crippen molar-refractivity contribution in [3.05, 3.63) is 56.7 Å². The summed E-state index contributed by atoms with van der Waals surface area (Å²) in [4.78, 5) is 32.0. The van der Waals surface area contributed by atoms with Crippen LogP contribution in [0.4, 0.5) is 8.78 Å². The highest BCUT2D eigenvalue weighted by atomic mass is 19.3. The maximum Gasteiger partial charge on any atom is 0.387 e. The standard InChI is InChI=1S/C15H11F2N3O3/c1-7-5-10(8-3-2-4-9(6-8)23-14(16)17)18-12-11(7)19-15(22)20-13(12)21/h2-6,14H,1H3,(H2,19,20,21,22). The molecule has 23 heavy (non-hydrogen) atoms. The molecule has 0 amide bonds. The van der Waals surface area contributed by atoms with Gasteiger partial charge in [0.25, 0.3) is 5.56 Å². The van der Waals surface area contributed by atoms with E-state index in [0.717, 1.165) is 0 Å². The maximum atomic E-state index is 12.3. The summed E-state index contributed by atoms with van der Waals surface area (Å²) < 4.78 is 29.0. The van der Waals surface area contributed by atoms with Crippen molar-refractivity contribution >= 4 is 11.0 Å². The second kappa shape index (κ2) is 5.64. The van der Waals surface area contributed by atoms with Crippen LogP contribution in [-0.2, 0) is 0 Å². The smallest absolute Gasteiger partial charge is 0.387 e. The molecule has 0 aliphatic heterocycles. The second-order valence-electron chi connectivity index (χ2n) is 4.86. The minimum Gasteiger partial charge on any atom is -0.435 e. The number of benzene rings is 1. The van der Waals surface area contributed by atoms with Crippen LogP contribution in [0.2, 0.25) is 0 Å². The first-order chi connectivity index (χ1) is 10.9. The van der Waals surface area contributed by atoms with E-state index in [4.69, 9.17) is 0 Å². The summed E-state index contributed by atoms with van der Waals surface area (Å²) in [6.07, 6.45) is 0. The van der Waals surface area contributed by atoms with Gasteiger partial charge in [0.1, 0.15) is 5.75 Å². The zero-order valence-corrected chi connectivity index (χ0v) is 11.9. The van der Waals surface area contributed by atoms with E-state index >= 15 is 0 Å². The van der Waals surface area contributed by atoms with Gasteiger partial charge in [-0.3, -0.25) is 9.78 Å². The predicted molar refractivity (Wildman–Crippen MR) is 79.8 cm³/mol. The van der Waals surface area contributed by atoms with Crippen molar-refractivity contribution in [2.24, 2.45) is 0 Å². The molecule has 3 aromatic rings. The molecule has 2 N–H and O–H groups in total. The number of fused-ring (bicyclic) bond motifs is 1. The summed E-state index contributed by atoms with van der Waals surface area (Å²) in [7, 11) is 0. The zero-order chi connectivity index (χ0) is 16.6. The molecule has 0 radical (unpaired) electrons. The molecule has 0 unspecified atom stereocenters. The largest absolute Gasteiger partial charge is 0.435 e. The molecule has 0 fully saturated rings. The van der Waals surface area contributed by atoms with Crippen LogP contribution in [0.3, 0.4) is 0 Å². The Balaban J connectivity index is 2.18. The maximum absolute atomic E-state index is 12.3. The highest BCUT2D eigenvalue weighted by Crippen LogP contribution is 2.25. The van der Waals surface area contributed by atoms with Gasteiger partial charge in [0, 0.05) is 5.56 Å². The van der Waals surface area contributed by atoms with Gasteiger partial charge >= 0.3 is 12.3 Å². The van der Waals surface area contributed by atoms with Crippen molar-refractivity contribution in [3.63, 3.8) is 0 Å². The summed E-state index contributed by atoms with van der Waals surface area (Å²) in [5, 5.41) is 0. The molecule has 6 nitrogen and oxygen atoms in total. The molecular weight excluding hydrogens is 308 g/mol. The van der Waals surface area contributed by atoms with Crippen LogP contribution >= 0.6 is 0 Å². The van der Waals surface area contributed by atoms with E-state index in [-0.39, 0.29) is 11.3 Å². The van der Waals surface area contributed by atoms with E-state index in [2.05, 4.69) is 19.7 Å². The Hall–Kier alpha value is -3.03. The van der Waals surface area contributed by atoms with Crippen molar-refractivity contribution in [2.45, 2.75) is 13.5 Å². The van der Waals surface area contributed by atoms with Gasteiger partial charge in [0.2, 0.25) is 0 Å². The van der Waals surface area contributed by atoms with Crippen molar-refractivity contribution in [2.75, 3.05) is 0 Å². The van der Waals surface area contributed by atoms with E-state index in [9.17, 15) is 18.4 Å². The summed E-state index contributed by atoms with van der Waals surface area (Å²) in [5.74, 6) is -0.00701. The molecule has 0 aliphatic carbocycles. The number of pyridine rings is 1. The van der Waals surface area contributed by atoms with E-state index in [1.54, 1.807) is 25.1 Å². The fourth-order valence-electron chi connectivity index (χ4n) is 2.28. The van der Waals surface area contributed by atoms with Gasteiger partial charge in [-0.05, 0) is 30.7 Å². The third-order valence-corrected chi connectivity index (χ3v) is 3.25. The van der Waals surface area contributed by atoms with E-state index < -0.39 is 17.9 Å². The average molecular weight is 319 g/mol. The lowest BCUT2D eigenvalue weighted by molar-refractivity contribution is -0.0498. The Morgan fingerprint density at radius 3 is 2.70 bits per heavy atom. The first-order valence-electron chi connectivity index (χ1n) is 6.63. The molecular formula is C15H11F2N3O3. The van der Waals surface area contributed by atoms with Gasteiger partial charge in [-0.1, -0.05) is 12.1 Å². The van der Waals surface area contributed by atoms with Crippen molar-refractivity contribution in [1.29, 1.82) is 0 Å². The zero-order valence-electron chi connectivity index (χ0n) is 11.9. The topological polar surface area (TPSA) is 87.8 Å². The van der Waals surface area contributed by atoms with Gasteiger partial charge in [-0.2, -0.15) is 8.78 Å². The van der Waals surface area contributed by atoms with Crippen LogP contribution in [-0.4, -0.2) is 21.6 Å². The van der Waals surface area contributed by atoms with Crippen molar-refractivity contribution < 1.29 is 13.5 Å². The number of aryl methyl sites for hydroxylation is 1. The van der Waals surface area contributed by atoms with Gasteiger partial charge in [0.05, 0.1) is 11.2 Å². The number of alkyl halides is 2. The van der Waals surface area contributed by atoms with Gasteiger partial charge in [0.15, 0.2) is 5.52 Å². The third kappa shape index (κ3) is 2.96. The second-order valence-corrected chi connectivity index (χ2v) is 4.86. The monoisotopic (exact) mass is 319 g/mol. The first-order valence-corrected chi connectivity index (χ1v) is 6.63. The Labute approximate surface area is 127 Å². The lowest BCUT2D eigenvalue weighted by Gasteiger charge is -2.08. The number of ether oxygens (including phenoxy) is 1. The van der Waals surface area contributed by atoms with Crippen LogP contribution < -0.4 is 16.0 Å². The van der Waals surface area contributed by atoms with Crippen molar-refractivity contribution in [3.8, 4) is 17.0 Å². The number of H-pyrrole nitrogens is 2. The molecule has 0 atom stereocenters. The fraction of sp³-hybridized carbons (Fsp3) is 0.133. The van der Waals surface area contributed by atoms with Gasteiger partial charge in [-0.15, -0.1) is 0 Å². The normalized spacial score (nSPS) is 11.1. The quantitative estimate of drug-likeness (QED) is 0.774. The number of aromatic amines is 2. The Kier molecular flexibility index (Phi) is 3.65. The summed E-state index contributed by atoms with van der Waals surface area (Å²) in [6.45, 7) is -1.22. The van der Waals surface area contributed by atoms with Crippen molar-refractivity contribution in [1.82, 2.24) is 15.0 Å². The number of halogens is 2. The van der Waals surface area contributed by atoms with Gasteiger partial charge in [-0.25, -0.2) is 9.78 Å². The average Bonchev–Trinajstić information content (AvgIpc) is 2.47. The number of nitrogens with one attached hydrogen (secondary N) is 2.